The molecule has 6 heteroatoms. The zero-order valence-electron chi connectivity index (χ0n) is 14.1. The van der Waals surface area contributed by atoms with Crippen molar-refractivity contribution < 1.29 is 28.3 Å². The normalized spacial score (nSPS) is 17.1. The van der Waals surface area contributed by atoms with Gasteiger partial charge >= 0.3 is 12.1 Å². The van der Waals surface area contributed by atoms with E-state index in [4.69, 9.17) is 14.2 Å². The van der Waals surface area contributed by atoms with Gasteiger partial charge < -0.3 is 18.7 Å². The number of esters is 1. The molecule has 0 aromatic heterocycles. The van der Waals surface area contributed by atoms with Gasteiger partial charge in [0.25, 0.3) is 0 Å². The Labute approximate surface area is 136 Å². The summed E-state index contributed by atoms with van der Waals surface area (Å²) in [6.45, 7) is 2.74. The van der Waals surface area contributed by atoms with Crippen LogP contribution >= 0.6 is 0 Å². The van der Waals surface area contributed by atoms with Gasteiger partial charge in [0.05, 0.1) is 21.1 Å². The molecule has 1 heterocycles. The number of ether oxygens (including phenoxy) is 3. The number of cyclic esters (lactones) is 2. The van der Waals surface area contributed by atoms with Crippen molar-refractivity contribution in [2.75, 3.05) is 34.4 Å². The minimum absolute atomic E-state index is 0.0207. The number of rotatable bonds is 5. The fraction of sp³-hybridized carbons (Fsp3) is 0.529. The van der Waals surface area contributed by atoms with Crippen molar-refractivity contribution in [3.63, 3.8) is 0 Å². The summed E-state index contributed by atoms with van der Waals surface area (Å²) in [6, 6.07) is 8.00. The lowest BCUT2D eigenvalue weighted by atomic mass is 9.92. The summed E-state index contributed by atoms with van der Waals surface area (Å²) < 4.78 is 15.7. The number of carbonyl (C=O) groups is 2. The Hall–Kier alpha value is -2.08. The second kappa shape index (κ2) is 6.58. The molecule has 0 aliphatic carbocycles. The molecule has 0 atom stereocenters. The summed E-state index contributed by atoms with van der Waals surface area (Å²) in [5, 5.41) is 0. The van der Waals surface area contributed by atoms with E-state index in [2.05, 4.69) is 21.1 Å². The predicted octanol–water partition coefficient (Wildman–Crippen LogP) is 2.11. The molecule has 1 aromatic carbocycles. The van der Waals surface area contributed by atoms with Crippen molar-refractivity contribution in [1.29, 1.82) is 0 Å². The van der Waals surface area contributed by atoms with Crippen LogP contribution in [0.25, 0.3) is 0 Å². The van der Waals surface area contributed by atoms with E-state index in [1.165, 1.54) is 5.56 Å². The van der Waals surface area contributed by atoms with Crippen LogP contribution in [0.1, 0.15) is 18.1 Å². The van der Waals surface area contributed by atoms with Gasteiger partial charge in [-0.1, -0.05) is 24.3 Å². The van der Waals surface area contributed by atoms with Crippen molar-refractivity contribution in [3.8, 4) is 0 Å². The largest absolute Gasteiger partial charge is 0.508 e. The zero-order chi connectivity index (χ0) is 17.1. The van der Waals surface area contributed by atoms with Gasteiger partial charge in [0, 0.05) is 5.56 Å². The molecule has 6 nitrogen and oxygen atoms in total. The van der Waals surface area contributed by atoms with Crippen LogP contribution in [0.2, 0.25) is 0 Å². The molecule has 0 unspecified atom stereocenters. The summed E-state index contributed by atoms with van der Waals surface area (Å²) >= 11 is 0. The van der Waals surface area contributed by atoms with E-state index in [1.54, 1.807) is 6.92 Å². The molecule has 1 fully saturated rings. The molecule has 1 aromatic rings. The Kier molecular flexibility index (Phi) is 4.94. The highest BCUT2D eigenvalue weighted by atomic mass is 16.7. The number of nitrogens with zero attached hydrogens (tertiary/aromatic N) is 1. The highest BCUT2D eigenvalue weighted by molar-refractivity contribution is 5.78. The fourth-order valence-corrected chi connectivity index (χ4v) is 2.25. The van der Waals surface area contributed by atoms with Gasteiger partial charge in [-0.25, -0.2) is 4.79 Å². The first kappa shape index (κ1) is 17.3. The van der Waals surface area contributed by atoms with E-state index in [9.17, 15) is 9.59 Å². The lowest BCUT2D eigenvalue weighted by Crippen LogP contribution is -2.44. The number of carbonyl (C=O) groups excluding carboxylic acids is 2. The van der Waals surface area contributed by atoms with Crippen LogP contribution in [0.15, 0.2) is 24.3 Å². The average Bonchev–Trinajstić information content (AvgIpc) is 2.48. The first-order chi connectivity index (χ1) is 10.7. The van der Waals surface area contributed by atoms with Crippen molar-refractivity contribution in [2.24, 2.45) is 5.41 Å². The zero-order valence-corrected chi connectivity index (χ0v) is 14.1. The molecule has 1 aliphatic rings. The van der Waals surface area contributed by atoms with E-state index in [0.717, 1.165) is 16.6 Å². The van der Waals surface area contributed by atoms with E-state index >= 15 is 0 Å². The third-order valence-corrected chi connectivity index (χ3v) is 3.56. The monoisotopic (exact) mass is 322 g/mol. The van der Waals surface area contributed by atoms with E-state index in [-0.39, 0.29) is 19.8 Å². The minimum atomic E-state index is -0.947. The maximum absolute atomic E-state index is 12.2. The lowest BCUT2D eigenvalue weighted by Gasteiger charge is -2.29. The third-order valence-electron chi connectivity index (χ3n) is 3.56. The van der Waals surface area contributed by atoms with E-state index in [0.29, 0.717) is 0 Å². The Morgan fingerprint density at radius 3 is 2.17 bits per heavy atom. The first-order valence-electron chi connectivity index (χ1n) is 7.53. The molecule has 126 valence electrons. The van der Waals surface area contributed by atoms with Crippen LogP contribution < -0.4 is 0 Å². The highest BCUT2D eigenvalue weighted by Crippen LogP contribution is 2.24. The van der Waals surface area contributed by atoms with E-state index in [1.807, 2.05) is 24.3 Å². The van der Waals surface area contributed by atoms with Crippen LogP contribution in [0.3, 0.4) is 0 Å². The van der Waals surface area contributed by atoms with Crippen molar-refractivity contribution in [1.82, 2.24) is 0 Å². The SMILES string of the molecule is CC1(C(=O)OCc2ccc(C[N+](C)(C)C)cc2)COC(=O)OC1. The Morgan fingerprint density at radius 1 is 1.13 bits per heavy atom. The molecule has 0 bridgehead atoms. The van der Waals surface area contributed by atoms with E-state index < -0.39 is 17.5 Å². The Balaban J connectivity index is 1.88. The summed E-state index contributed by atoms with van der Waals surface area (Å²) in [6.07, 6.45) is -0.747. The van der Waals surface area contributed by atoms with Gasteiger partial charge in [-0.05, 0) is 12.5 Å². The molecule has 1 saturated heterocycles. The van der Waals surface area contributed by atoms with Gasteiger partial charge in [-0.3, -0.25) is 4.79 Å². The molecule has 0 saturated carbocycles. The van der Waals surface area contributed by atoms with Crippen molar-refractivity contribution in [2.45, 2.75) is 20.1 Å². The summed E-state index contributed by atoms with van der Waals surface area (Å²) in [5.74, 6) is -0.430. The van der Waals surface area contributed by atoms with Crippen LogP contribution in [0.4, 0.5) is 4.79 Å². The molecular weight excluding hydrogens is 298 g/mol. The molecular formula is C17H24NO5+. The molecule has 0 N–H and O–H groups in total. The molecule has 0 amide bonds. The van der Waals surface area contributed by atoms with Crippen LogP contribution in [0, 0.1) is 5.41 Å². The smallest absolute Gasteiger partial charge is 0.460 e. The average molecular weight is 322 g/mol. The van der Waals surface area contributed by atoms with Crippen LogP contribution in [-0.4, -0.2) is 51.0 Å². The van der Waals surface area contributed by atoms with Gasteiger partial charge in [-0.15, -0.1) is 0 Å². The van der Waals surface area contributed by atoms with Gasteiger partial charge in [-0.2, -0.15) is 0 Å². The van der Waals surface area contributed by atoms with Crippen LogP contribution in [0.5, 0.6) is 0 Å². The van der Waals surface area contributed by atoms with Gasteiger partial charge in [0.2, 0.25) is 0 Å². The molecule has 23 heavy (non-hydrogen) atoms. The first-order valence-corrected chi connectivity index (χ1v) is 7.53. The maximum atomic E-state index is 12.2. The summed E-state index contributed by atoms with van der Waals surface area (Å²) in [5.41, 5.74) is 1.20. The minimum Gasteiger partial charge on any atom is -0.460 e. The number of quaternary nitrogens is 1. The topological polar surface area (TPSA) is 61.8 Å². The highest BCUT2D eigenvalue weighted by Gasteiger charge is 2.41. The number of hydrogen-bond acceptors (Lipinski definition) is 5. The molecule has 1 aliphatic heterocycles. The number of hydrogen-bond donors (Lipinski definition) is 0. The van der Waals surface area contributed by atoms with Crippen molar-refractivity contribution in [3.05, 3.63) is 35.4 Å². The van der Waals surface area contributed by atoms with Gasteiger partial charge in [0.15, 0.2) is 0 Å². The van der Waals surface area contributed by atoms with Gasteiger partial charge in [0.1, 0.15) is 31.8 Å². The lowest BCUT2D eigenvalue weighted by molar-refractivity contribution is -0.884. The summed E-state index contributed by atoms with van der Waals surface area (Å²) in [7, 11) is 6.40. The quantitative estimate of drug-likeness (QED) is 0.614. The Bertz CT molecular complexity index is 564. The number of benzene rings is 1. The predicted molar refractivity (Wildman–Crippen MR) is 83.4 cm³/mol. The van der Waals surface area contributed by atoms with Crippen molar-refractivity contribution >= 4 is 12.1 Å². The molecule has 0 spiro atoms. The summed E-state index contributed by atoms with van der Waals surface area (Å²) in [4.78, 5) is 23.0. The Morgan fingerprint density at radius 2 is 1.65 bits per heavy atom. The van der Waals surface area contributed by atoms with Crippen LogP contribution in [-0.2, 0) is 32.2 Å². The maximum Gasteiger partial charge on any atom is 0.508 e. The molecule has 0 radical (unpaired) electrons. The second-order valence-corrected chi connectivity index (χ2v) is 7.23. The second-order valence-electron chi connectivity index (χ2n) is 7.23. The fourth-order valence-electron chi connectivity index (χ4n) is 2.25. The third kappa shape index (κ3) is 4.96. The molecule has 2 rings (SSSR count). The standard InChI is InChI=1S/C17H24NO5/c1-17(11-22-16(20)23-12-17)15(19)21-10-14-7-5-13(6-8-14)9-18(2,3)4/h5-8H,9-12H2,1-4H3/q+1.